The number of benzene rings is 4. The number of rotatable bonds is 10. The molecule has 3 N–H and O–H groups in total. The summed E-state index contributed by atoms with van der Waals surface area (Å²) < 4.78 is 48.2. The van der Waals surface area contributed by atoms with Crippen LogP contribution in [0.5, 0.6) is 5.75 Å². The van der Waals surface area contributed by atoms with Crippen molar-refractivity contribution in [2.75, 3.05) is 13.1 Å². The van der Waals surface area contributed by atoms with Gasteiger partial charge in [0, 0.05) is 53.8 Å². The van der Waals surface area contributed by atoms with Gasteiger partial charge in [0.15, 0.2) is 5.66 Å². The van der Waals surface area contributed by atoms with E-state index in [0.29, 0.717) is 22.2 Å². The van der Waals surface area contributed by atoms with Gasteiger partial charge in [0.05, 0.1) is 23.8 Å². The highest BCUT2D eigenvalue weighted by atomic mass is 35.5. The zero-order valence-electron chi connectivity index (χ0n) is 29.1. The third-order valence-corrected chi connectivity index (χ3v) is 10.1. The molecule has 0 aliphatic carbocycles. The summed E-state index contributed by atoms with van der Waals surface area (Å²) in [5.74, 6) is -0.482. The maximum absolute atomic E-state index is 15.1. The van der Waals surface area contributed by atoms with Gasteiger partial charge in [0.25, 0.3) is 0 Å². The van der Waals surface area contributed by atoms with Crippen LogP contribution in [0.1, 0.15) is 83.9 Å². The predicted molar refractivity (Wildman–Crippen MR) is 196 cm³/mol. The van der Waals surface area contributed by atoms with Crippen LogP contribution in [0.3, 0.4) is 0 Å². The molecule has 2 fully saturated rings. The van der Waals surface area contributed by atoms with Crippen LogP contribution < -0.4 is 20.7 Å². The smallest absolute Gasteiger partial charge is 0.416 e. The van der Waals surface area contributed by atoms with Gasteiger partial charge >= 0.3 is 6.18 Å². The predicted octanol–water partition coefficient (Wildman–Crippen LogP) is 8.61. The first-order valence-electron chi connectivity index (χ1n) is 17.3. The monoisotopic (exact) mass is 752 g/mol. The van der Waals surface area contributed by atoms with Gasteiger partial charge in [0.2, 0.25) is 11.7 Å². The van der Waals surface area contributed by atoms with Gasteiger partial charge in [0.1, 0.15) is 5.75 Å². The highest BCUT2D eigenvalue weighted by Crippen LogP contribution is 2.46. The molecule has 52 heavy (non-hydrogen) atoms. The Balaban J connectivity index is 1.41. The molecule has 274 valence electrons. The molecule has 0 bridgehead atoms. The van der Waals surface area contributed by atoms with Crippen LogP contribution in [-0.4, -0.2) is 41.8 Å². The fourth-order valence-corrected chi connectivity index (χ4v) is 7.35. The van der Waals surface area contributed by atoms with Gasteiger partial charge in [-0.3, -0.25) is 25.1 Å². The van der Waals surface area contributed by atoms with Crippen LogP contribution in [-0.2, 0) is 23.2 Å². The van der Waals surface area contributed by atoms with E-state index >= 15 is 4.79 Å². The number of hydrogen-bond acceptors (Lipinski definition) is 6. The molecule has 2 heterocycles. The van der Waals surface area contributed by atoms with Crippen molar-refractivity contribution in [3.63, 3.8) is 0 Å². The Kier molecular flexibility index (Phi) is 11.3. The number of hydrogen-bond donors (Lipinski definition) is 3. The Bertz CT molecular complexity index is 1820. The number of alkyl halides is 3. The minimum atomic E-state index is -4.63. The van der Waals surface area contributed by atoms with E-state index in [9.17, 15) is 18.0 Å². The van der Waals surface area contributed by atoms with Crippen molar-refractivity contribution in [3.8, 4) is 5.75 Å². The van der Waals surface area contributed by atoms with Crippen LogP contribution in [0.2, 0.25) is 10.0 Å². The number of nitrogens with zero attached hydrogens (tertiary/aromatic N) is 1. The van der Waals surface area contributed by atoms with Crippen molar-refractivity contribution >= 4 is 34.9 Å². The second-order valence-corrected chi connectivity index (χ2v) is 14.6. The molecule has 0 radical (unpaired) electrons. The zero-order valence-corrected chi connectivity index (χ0v) is 30.6. The Hall–Kier alpha value is -3.93. The highest BCUT2D eigenvalue weighted by molar-refractivity contribution is 6.30. The zero-order chi connectivity index (χ0) is 37.2. The van der Waals surface area contributed by atoms with E-state index in [1.54, 1.807) is 50.2 Å². The maximum Gasteiger partial charge on any atom is 0.416 e. The van der Waals surface area contributed by atoms with Crippen LogP contribution in [0, 0.1) is 0 Å². The highest BCUT2D eigenvalue weighted by Gasteiger charge is 2.53. The molecule has 7 nitrogen and oxygen atoms in total. The summed E-state index contributed by atoms with van der Waals surface area (Å²) in [6.07, 6.45) is -3.41. The lowest BCUT2D eigenvalue weighted by Crippen LogP contribution is -2.53. The molecule has 0 saturated carbocycles. The van der Waals surface area contributed by atoms with Crippen molar-refractivity contribution in [2.24, 2.45) is 0 Å². The summed E-state index contributed by atoms with van der Waals surface area (Å²) in [4.78, 5) is 28.9. The fourth-order valence-electron chi connectivity index (χ4n) is 7.09. The number of nitrogens with one attached hydrogen (secondary N) is 3. The number of Topliss-reactive ketones (excluding diaryl/α,β-unsaturated/α-hetero) is 1. The molecule has 1 amide bonds. The number of halogens is 5. The van der Waals surface area contributed by atoms with Gasteiger partial charge in [-0.2, -0.15) is 13.2 Å². The number of piperidine rings is 1. The number of likely N-dealkylation sites (tertiary alicyclic amines) is 1. The molecule has 2 unspecified atom stereocenters. The third-order valence-electron chi connectivity index (χ3n) is 9.57. The van der Waals surface area contributed by atoms with E-state index < -0.39 is 35.6 Å². The Morgan fingerprint density at radius 3 is 1.88 bits per heavy atom. The van der Waals surface area contributed by atoms with Crippen molar-refractivity contribution in [3.05, 3.63) is 134 Å². The molecule has 2 saturated heterocycles. The second-order valence-electron chi connectivity index (χ2n) is 13.7. The second kappa shape index (κ2) is 15.6. The first-order chi connectivity index (χ1) is 24.7. The molecule has 4 aromatic carbocycles. The van der Waals surface area contributed by atoms with Crippen LogP contribution in [0.15, 0.2) is 91.0 Å². The standard InChI is InChI=1S/C40H41Cl2F3N4O3/c1-24(2)52-35-22-30(40(43,44)45)12-17-34(35)39(38(51)29-6-4-26(5-7-29)23-49-20-18-33(19-21-49)46-25(3)50)47-36(27-8-13-31(41)14-9-27)37(48-39)28-10-15-32(42)16-11-28/h4-17,22,24,33,36-37,47-48H,18-21,23H2,1-3H3,(H,46,50). The van der Waals surface area contributed by atoms with Crippen LogP contribution in [0.25, 0.3) is 0 Å². The van der Waals surface area contributed by atoms with Crippen LogP contribution >= 0.6 is 23.2 Å². The lowest BCUT2D eigenvalue weighted by Gasteiger charge is -2.33. The topological polar surface area (TPSA) is 82.7 Å². The van der Waals surface area contributed by atoms with Gasteiger partial charge in [-0.25, -0.2) is 0 Å². The first kappa shape index (κ1) is 37.8. The Morgan fingerprint density at radius 1 is 0.865 bits per heavy atom. The van der Waals surface area contributed by atoms with Crippen molar-refractivity contribution in [1.29, 1.82) is 0 Å². The quantitative estimate of drug-likeness (QED) is 0.141. The average molecular weight is 754 g/mol. The maximum atomic E-state index is 15.1. The molecule has 6 rings (SSSR count). The minimum Gasteiger partial charge on any atom is -0.491 e. The molecular weight excluding hydrogens is 712 g/mol. The van der Waals surface area contributed by atoms with Gasteiger partial charge in [-0.15, -0.1) is 0 Å². The lowest BCUT2D eigenvalue weighted by atomic mass is 9.88. The summed E-state index contributed by atoms with van der Waals surface area (Å²) >= 11 is 12.5. The SMILES string of the molecule is CC(=O)NC1CCN(Cc2ccc(C(=O)C3(c4ccc(C(F)(F)F)cc4OC(C)C)NC(c4ccc(Cl)cc4)C(c4ccc(Cl)cc4)N3)cc2)CC1. The van der Waals surface area contributed by atoms with E-state index in [-0.39, 0.29) is 29.0 Å². The molecule has 2 aliphatic heterocycles. The summed E-state index contributed by atoms with van der Waals surface area (Å²) in [5.41, 5.74) is 0.588. The average Bonchev–Trinajstić information content (AvgIpc) is 3.50. The van der Waals surface area contributed by atoms with Gasteiger partial charge < -0.3 is 10.1 Å². The van der Waals surface area contributed by atoms with E-state index in [2.05, 4.69) is 20.9 Å². The lowest BCUT2D eigenvalue weighted by molar-refractivity contribution is -0.137. The third kappa shape index (κ3) is 8.48. The molecular formula is C40H41Cl2F3N4O3. The van der Waals surface area contributed by atoms with Gasteiger partial charge in [-0.05, 0) is 79.8 Å². The van der Waals surface area contributed by atoms with E-state index in [1.165, 1.54) is 13.0 Å². The summed E-state index contributed by atoms with van der Waals surface area (Å²) in [7, 11) is 0. The van der Waals surface area contributed by atoms with Gasteiger partial charge in [-0.1, -0.05) is 77.8 Å². The Morgan fingerprint density at radius 2 is 1.40 bits per heavy atom. The largest absolute Gasteiger partial charge is 0.491 e. The van der Waals surface area contributed by atoms with Crippen molar-refractivity contribution in [1.82, 2.24) is 20.9 Å². The molecule has 2 aliphatic rings. The fraction of sp³-hybridized carbons (Fsp3) is 0.350. The van der Waals surface area contributed by atoms with E-state index in [0.717, 1.165) is 54.8 Å². The minimum absolute atomic E-state index is 0.0270. The summed E-state index contributed by atoms with van der Waals surface area (Å²) in [6, 6.07) is 24.1. The normalized spacial score (nSPS) is 21.3. The number of carbonyl (C=O) groups excluding carboxylic acids is 2. The Labute approximate surface area is 311 Å². The van der Waals surface area contributed by atoms with E-state index in [4.69, 9.17) is 27.9 Å². The number of ketones is 1. The molecule has 2 atom stereocenters. The molecule has 0 spiro atoms. The summed E-state index contributed by atoms with van der Waals surface area (Å²) in [6.45, 7) is 7.30. The molecule has 12 heteroatoms. The first-order valence-corrected chi connectivity index (χ1v) is 18.1. The van der Waals surface area contributed by atoms with Crippen LogP contribution in [0.4, 0.5) is 13.2 Å². The number of amides is 1. The number of carbonyl (C=O) groups is 2. The summed E-state index contributed by atoms with van der Waals surface area (Å²) in [5, 5.41) is 11.2. The van der Waals surface area contributed by atoms with Crippen molar-refractivity contribution < 1.29 is 27.5 Å². The van der Waals surface area contributed by atoms with Crippen molar-refractivity contribution in [2.45, 2.75) is 76.2 Å². The van der Waals surface area contributed by atoms with E-state index in [1.807, 2.05) is 36.4 Å². The molecule has 4 aromatic rings. The molecule has 0 aromatic heterocycles. The number of ether oxygens (including phenoxy) is 1.